The molecule has 0 radical (unpaired) electrons. The molecule has 0 saturated heterocycles. The first-order valence-corrected chi connectivity index (χ1v) is 5.12. The maximum atomic E-state index is 11.7. The smallest absolute Gasteiger partial charge is 0.411 e. The lowest BCUT2D eigenvalue weighted by Gasteiger charge is -2.10. The van der Waals surface area contributed by atoms with Crippen molar-refractivity contribution in [2.45, 2.75) is 13.1 Å². The van der Waals surface area contributed by atoms with Crippen molar-refractivity contribution in [1.29, 1.82) is 0 Å². The van der Waals surface area contributed by atoms with Crippen LogP contribution in [0, 0.1) is 6.92 Å². The van der Waals surface area contributed by atoms with Gasteiger partial charge in [0.25, 0.3) is 0 Å². The zero-order valence-electron chi connectivity index (χ0n) is 9.66. The van der Waals surface area contributed by atoms with E-state index in [0.29, 0.717) is 12.0 Å². The van der Waals surface area contributed by atoms with Gasteiger partial charge in [-0.25, -0.2) is 4.98 Å². The van der Waals surface area contributed by atoms with Gasteiger partial charge >= 0.3 is 6.18 Å². The number of aldehydes is 1. The fraction of sp³-hybridized carbons (Fsp3) is 0.455. The van der Waals surface area contributed by atoms with Crippen LogP contribution in [0.25, 0.3) is 0 Å². The van der Waals surface area contributed by atoms with Crippen molar-refractivity contribution in [1.82, 2.24) is 4.98 Å². The highest BCUT2D eigenvalue weighted by Crippen LogP contribution is 2.16. The summed E-state index contributed by atoms with van der Waals surface area (Å²) in [5, 5.41) is 0. The molecule has 0 aliphatic rings. The fourth-order valence-electron chi connectivity index (χ4n) is 1.17. The molecule has 1 heterocycles. The first-order chi connectivity index (χ1) is 8.42. The average molecular weight is 263 g/mol. The van der Waals surface area contributed by atoms with Crippen molar-refractivity contribution in [3.63, 3.8) is 0 Å². The molecular weight excluding hydrogens is 251 g/mol. The number of nitrogens with zero attached hydrogens (tertiary/aromatic N) is 1. The van der Waals surface area contributed by atoms with E-state index in [2.05, 4.69) is 9.72 Å². The summed E-state index contributed by atoms with van der Waals surface area (Å²) < 4.78 is 44.7. The molecule has 1 aromatic heterocycles. The van der Waals surface area contributed by atoms with Crippen LogP contribution in [0.15, 0.2) is 12.1 Å². The van der Waals surface area contributed by atoms with Gasteiger partial charge < -0.3 is 9.47 Å². The highest BCUT2D eigenvalue weighted by molar-refractivity contribution is 5.76. The van der Waals surface area contributed by atoms with Gasteiger partial charge in [0.05, 0.1) is 6.61 Å². The summed E-state index contributed by atoms with van der Waals surface area (Å²) in [6.07, 6.45) is -3.82. The molecule has 0 bridgehead atoms. The molecule has 0 unspecified atom stereocenters. The molecule has 0 fully saturated rings. The summed E-state index contributed by atoms with van der Waals surface area (Å²) in [4.78, 5) is 14.6. The average Bonchev–Trinajstić information content (AvgIpc) is 2.28. The van der Waals surface area contributed by atoms with Gasteiger partial charge in [0.15, 0.2) is 6.29 Å². The second-order valence-electron chi connectivity index (χ2n) is 3.47. The van der Waals surface area contributed by atoms with E-state index < -0.39 is 12.8 Å². The third-order valence-electron chi connectivity index (χ3n) is 1.89. The predicted octanol–water partition coefficient (Wildman–Crippen LogP) is 2.16. The van der Waals surface area contributed by atoms with E-state index in [9.17, 15) is 18.0 Å². The van der Waals surface area contributed by atoms with Crippen molar-refractivity contribution in [2.75, 3.05) is 19.8 Å². The quantitative estimate of drug-likeness (QED) is 0.583. The molecule has 0 atom stereocenters. The Hall–Kier alpha value is -1.63. The topological polar surface area (TPSA) is 48.4 Å². The van der Waals surface area contributed by atoms with E-state index in [-0.39, 0.29) is 24.7 Å². The minimum Gasteiger partial charge on any atom is -0.489 e. The Balaban J connectivity index is 2.38. The van der Waals surface area contributed by atoms with Crippen LogP contribution in [0.5, 0.6) is 5.75 Å². The SMILES string of the molecule is Cc1ccc(OCCOCC(F)(F)F)c(C=O)n1. The number of hydrogen-bond acceptors (Lipinski definition) is 4. The highest BCUT2D eigenvalue weighted by Gasteiger charge is 2.27. The molecule has 7 heteroatoms. The largest absolute Gasteiger partial charge is 0.489 e. The molecule has 0 N–H and O–H groups in total. The minimum atomic E-state index is -4.35. The molecule has 1 rings (SSSR count). The van der Waals surface area contributed by atoms with Crippen LogP contribution in [-0.2, 0) is 4.74 Å². The van der Waals surface area contributed by atoms with Crippen LogP contribution in [0.2, 0.25) is 0 Å². The standard InChI is InChI=1S/C11H12F3NO3/c1-8-2-3-10(9(6-16)15-8)18-5-4-17-7-11(12,13)14/h2-3,6H,4-5,7H2,1H3. The third-order valence-corrected chi connectivity index (χ3v) is 1.89. The Kier molecular flexibility index (Phi) is 5.08. The normalized spacial score (nSPS) is 11.3. The van der Waals surface area contributed by atoms with E-state index in [4.69, 9.17) is 4.74 Å². The zero-order valence-corrected chi connectivity index (χ0v) is 9.66. The highest BCUT2D eigenvalue weighted by atomic mass is 19.4. The van der Waals surface area contributed by atoms with E-state index in [0.717, 1.165) is 0 Å². The number of pyridine rings is 1. The number of carbonyl (C=O) groups is 1. The van der Waals surface area contributed by atoms with Gasteiger partial charge in [-0.1, -0.05) is 0 Å². The lowest BCUT2D eigenvalue weighted by atomic mass is 10.3. The molecule has 0 amide bonds. The van der Waals surface area contributed by atoms with Crippen LogP contribution in [-0.4, -0.2) is 37.3 Å². The molecule has 0 aliphatic carbocycles. The van der Waals surface area contributed by atoms with Crippen molar-refractivity contribution in [2.24, 2.45) is 0 Å². The van der Waals surface area contributed by atoms with E-state index in [1.54, 1.807) is 13.0 Å². The van der Waals surface area contributed by atoms with E-state index in [1.165, 1.54) is 6.07 Å². The Morgan fingerprint density at radius 2 is 2.06 bits per heavy atom. The second kappa shape index (κ2) is 6.34. The number of rotatable bonds is 6. The number of alkyl halides is 3. The summed E-state index contributed by atoms with van der Waals surface area (Å²) in [6.45, 7) is 0.0968. The monoisotopic (exact) mass is 263 g/mol. The minimum absolute atomic E-state index is 0.0817. The number of aryl methyl sites for hydroxylation is 1. The summed E-state index contributed by atoms with van der Waals surface area (Å²) in [6, 6.07) is 3.18. The Morgan fingerprint density at radius 1 is 1.33 bits per heavy atom. The molecule has 4 nitrogen and oxygen atoms in total. The third kappa shape index (κ3) is 5.13. The van der Waals surface area contributed by atoms with Crippen LogP contribution in [0.1, 0.15) is 16.2 Å². The summed E-state index contributed by atoms with van der Waals surface area (Å²) in [5.41, 5.74) is 0.767. The van der Waals surface area contributed by atoms with Gasteiger partial charge in [-0.05, 0) is 19.1 Å². The van der Waals surface area contributed by atoms with Crippen LogP contribution in [0.3, 0.4) is 0 Å². The summed E-state index contributed by atoms with van der Waals surface area (Å²) in [5.74, 6) is 0.228. The Bertz CT molecular complexity index is 407. The lowest BCUT2D eigenvalue weighted by molar-refractivity contribution is -0.175. The first-order valence-electron chi connectivity index (χ1n) is 5.12. The van der Waals surface area contributed by atoms with Crippen molar-refractivity contribution in [3.05, 3.63) is 23.5 Å². The second-order valence-corrected chi connectivity index (χ2v) is 3.47. The van der Waals surface area contributed by atoms with Gasteiger partial charge in [-0.15, -0.1) is 0 Å². The molecule has 1 aromatic rings. The number of halogens is 3. The van der Waals surface area contributed by atoms with Gasteiger partial charge in [-0.2, -0.15) is 13.2 Å². The summed E-state index contributed by atoms with van der Waals surface area (Å²) in [7, 11) is 0. The maximum absolute atomic E-state index is 11.7. The molecule has 0 spiro atoms. The fourth-order valence-corrected chi connectivity index (χ4v) is 1.17. The van der Waals surface area contributed by atoms with Crippen LogP contribution >= 0.6 is 0 Å². The molecule has 18 heavy (non-hydrogen) atoms. The van der Waals surface area contributed by atoms with Gasteiger partial charge in [0.1, 0.15) is 24.7 Å². The molecule has 0 aromatic carbocycles. The van der Waals surface area contributed by atoms with Gasteiger partial charge in [0.2, 0.25) is 0 Å². The Morgan fingerprint density at radius 3 is 2.67 bits per heavy atom. The number of ether oxygens (including phenoxy) is 2. The molecule has 0 saturated carbocycles. The first kappa shape index (κ1) is 14.4. The van der Waals surface area contributed by atoms with Crippen LogP contribution < -0.4 is 4.74 Å². The van der Waals surface area contributed by atoms with Crippen molar-refractivity contribution >= 4 is 6.29 Å². The van der Waals surface area contributed by atoms with Crippen molar-refractivity contribution < 1.29 is 27.4 Å². The summed E-state index contributed by atoms with van der Waals surface area (Å²) >= 11 is 0. The lowest BCUT2D eigenvalue weighted by Crippen LogP contribution is -2.19. The molecule has 100 valence electrons. The van der Waals surface area contributed by atoms with Gasteiger partial charge in [0, 0.05) is 5.69 Å². The van der Waals surface area contributed by atoms with Gasteiger partial charge in [-0.3, -0.25) is 4.79 Å². The number of aromatic nitrogens is 1. The zero-order chi connectivity index (χ0) is 13.6. The van der Waals surface area contributed by atoms with E-state index in [1.807, 2.05) is 0 Å². The molecular formula is C11H12F3NO3. The molecule has 0 aliphatic heterocycles. The number of hydrogen-bond donors (Lipinski definition) is 0. The Labute approximate surface area is 102 Å². The van der Waals surface area contributed by atoms with E-state index >= 15 is 0 Å². The predicted molar refractivity (Wildman–Crippen MR) is 56.7 cm³/mol. The van der Waals surface area contributed by atoms with Crippen molar-refractivity contribution in [3.8, 4) is 5.75 Å². The van der Waals surface area contributed by atoms with Crippen LogP contribution in [0.4, 0.5) is 13.2 Å². The number of carbonyl (C=O) groups excluding carboxylic acids is 1. The maximum Gasteiger partial charge on any atom is 0.411 e.